The number of urea groups is 1. The molecule has 21 heavy (non-hydrogen) atoms. The molecule has 1 aromatic carbocycles. The van der Waals surface area contributed by atoms with Crippen LogP contribution in [-0.4, -0.2) is 33.8 Å². The Morgan fingerprint density at radius 3 is 2.33 bits per heavy atom. The SMILES string of the molecule is CCCN1C(=O)N(c2ccc(Cl)cc2)[C@](C)(O)CC1(C)C. The molecule has 0 saturated carbocycles. The molecule has 5 heteroatoms. The van der Waals surface area contributed by atoms with E-state index < -0.39 is 5.72 Å². The molecule has 1 saturated heterocycles. The number of nitrogens with zero attached hydrogens (tertiary/aromatic N) is 2. The largest absolute Gasteiger partial charge is 0.371 e. The van der Waals surface area contributed by atoms with Crippen LogP contribution in [0.5, 0.6) is 0 Å². The summed E-state index contributed by atoms with van der Waals surface area (Å²) < 4.78 is 0. The fourth-order valence-electron chi connectivity index (χ4n) is 3.18. The third-order valence-electron chi connectivity index (χ3n) is 3.93. The van der Waals surface area contributed by atoms with Gasteiger partial charge in [0.25, 0.3) is 0 Å². The fourth-order valence-corrected chi connectivity index (χ4v) is 3.31. The number of halogens is 1. The van der Waals surface area contributed by atoms with Crippen LogP contribution in [0.3, 0.4) is 0 Å². The minimum absolute atomic E-state index is 0.166. The molecule has 1 heterocycles. The highest BCUT2D eigenvalue weighted by molar-refractivity contribution is 6.30. The van der Waals surface area contributed by atoms with Crippen LogP contribution in [0.25, 0.3) is 0 Å². The standard InChI is InChI=1S/C16H23ClN2O2/c1-5-10-18-14(20)19(13-8-6-12(17)7-9-13)16(4,21)11-15(18,2)3/h6-9,21H,5,10-11H2,1-4H3/t16-/m1/s1. The number of benzene rings is 1. The van der Waals surface area contributed by atoms with Gasteiger partial charge in [0.15, 0.2) is 0 Å². The number of hydrogen-bond donors (Lipinski definition) is 1. The van der Waals surface area contributed by atoms with E-state index in [1.165, 1.54) is 4.90 Å². The summed E-state index contributed by atoms with van der Waals surface area (Å²) >= 11 is 5.91. The summed E-state index contributed by atoms with van der Waals surface area (Å²) in [4.78, 5) is 16.2. The minimum Gasteiger partial charge on any atom is -0.371 e. The highest BCUT2D eigenvalue weighted by Gasteiger charge is 2.49. The van der Waals surface area contributed by atoms with Crippen molar-refractivity contribution in [3.8, 4) is 0 Å². The summed E-state index contributed by atoms with van der Waals surface area (Å²) in [6, 6.07) is 6.81. The van der Waals surface area contributed by atoms with Crippen molar-refractivity contribution in [2.75, 3.05) is 11.4 Å². The van der Waals surface area contributed by atoms with Crippen LogP contribution < -0.4 is 4.90 Å². The Balaban J connectivity index is 2.43. The van der Waals surface area contributed by atoms with Gasteiger partial charge in [-0.25, -0.2) is 4.79 Å². The molecular weight excluding hydrogens is 288 g/mol. The van der Waals surface area contributed by atoms with E-state index in [-0.39, 0.29) is 11.6 Å². The first kappa shape index (κ1) is 16.1. The number of carbonyl (C=O) groups excluding carboxylic acids is 1. The maximum absolute atomic E-state index is 12.9. The zero-order chi connectivity index (χ0) is 15.8. The molecule has 0 radical (unpaired) electrons. The molecule has 0 bridgehead atoms. The third kappa shape index (κ3) is 3.01. The Bertz CT molecular complexity index is 526. The summed E-state index contributed by atoms with van der Waals surface area (Å²) in [6.45, 7) is 8.39. The monoisotopic (exact) mass is 310 g/mol. The van der Waals surface area contributed by atoms with Crippen molar-refractivity contribution in [1.82, 2.24) is 4.90 Å². The third-order valence-corrected chi connectivity index (χ3v) is 4.19. The number of anilines is 1. The molecule has 1 aromatic rings. The Morgan fingerprint density at radius 2 is 1.81 bits per heavy atom. The first-order chi connectivity index (χ1) is 9.69. The van der Waals surface area contributed by atoms with Crippen LogP contribution >= 0.6 is 11.6 Å². The summed E-state index contributed by atoms with van der Waals surface area (Å²) in [5, 5.41) is 11.4. The Hall–Kier alpha value is -1.26. The minimum atomic E-state index is -1.22. The van der Waals surface area contributed by atoms with Crippen LogP contribution in [0.15, 0.2) is 24.3 Å². The molecule has 1 aliphatic rings. The lowest BCUT2D eigenvalue weighted by molar-refractivity contribution is -0.0252. The van der Waals surface area contributed by atoms with E-state index in [9.17, 15) is 9.90 Å². The molecule has 0 aromatic heterocycles. The molecule has 4 nitrogen and oxygen atoms in total. The van der Waals surface area contributed by atoms with Gasteiger partial charge in [-0.3, -0.25) is 4.90 Å². The molecule has 0 unspecified atom stereocenters. The van der Waals surface area contributed by atoms with E-state index >= 15 is 0 Å². The maximum Gasteiger partial charge on any atom is 0.327 e. The topological polar surface area (TPSA) is 43.8 Å². The van der Waals surface area contributed by atoms with Gasteiger partial charge < -0.3 is 10.0 Å². The summed E-state index contributed by atoms with van der Waals surface area (Å²) in [7, 11) is 0. The molecular formula is C16H23ClN2O2. The van der Waals surface area contributed by atoms with Crippen molar-refractivity contribution in [2.24, 2.45) is 0 Å². The van der Waals surface area contributed by atoms with E-state index in [1.54, 1.807) is 31.2 Å². The van der Waals surface area contributed by atoms with Gasteiger partial charge in [0.05, 0.1) is 0 Å². The molecule has 0 spiro atoms. The number of amides is 2. The molecule has 0 aliphatic carbocycles. The van der Waals surface area contributed by atoms with E-state index in [4.69, 9.17) is 11.6 Å². The second kappa shape index (κ2) is 5.50. The Kier molecular flexibility index (Phi) is 4.22. The van der Waals surface area contributed by atoms with Crippen LogP contribution in [0.1, 0.15) is 40.5 Å². The lowest BCUT2D eigenvalue weighted by Gasteiger charge is -2.53. The average molecular weight is 311 g/mol. The first-order valence-corrected chi connectivity index (χ1v) is 7.66. The van der Waals surface area contributed by atoms with Crippen molar-refractivity contribution in [3.63, 3.8) is 0 Å². The molecule has 1 N–H and O–H groups in total. The van der Waals surface area contributed by atoms with E-state index in [2.05, 4.69) is 0 Å². The lowest BCUT2D eigenvalue weighted by Crippen LogP contribution is -2.68. The molecule has 1 aliphatic heterocycles. The summed E-state index contributed by atoms with van der Waals surface area (Å²) in [5.41, 5.74) is -0.941. The van der Waals surface area contributed by atoms with Crippen LogP contribution in [-0.2, 0) is 0 Å². The van der Waals surface area contributed by atoms with Gasteiger partial charge in [-0.15, -0.1) is 0 Å². The van der Waals surface area contributed by atoms with Crippen molar-refractivity contribution in [1.29, 1.82) is 0 Å². The summed E-state index contributed by atoms with van der Waals surface area (Å²) in [5.74, 6) is 0. The fraction of sp³-hybridized carbons (Fsp3) is 0.562. The van der Waals surface area contributed by atoms with Gasteiger partial charge in [0.1, 0.15) is 5.72 Å². The van der Waals surface area contributed by atoms with Gasteiger partial charge in [-0.1, -0.05) is 18.5 Å². The lowest BCUT2D eigenvalue weighted by atomic mass is 9.87. The number of hydrogen-bond acceptors (Lipinski definition) is 2. The van der Waals surface area contributed by atoms with Gasteiger partial charge >= 0.3 is 6.03 Å². The number of aliphatic hydroxyl groups is 1. The van der Waals surface area contributed by atoms with Crippen molar-refractivity contribution in [3.05, 3.63) is 29.3 Å². The quantitative estimate of drug-likeness (QED) is 0.921. The molecule has 1 atom stereocenters. The zero-order valence-electron chi connectivity index (χ0n) is 13.1. The highest BCUT2D eigenvalue weighted by atomic mass is 35.5. The van der Waals surface area contributed by atoms with Crippen LogP contribution in [0, 0.1) is 0 Å². The van der Waals surface area contributed by atoms with Gasteiger partial charge in [-0.05, 0) is 51.5 Å². The molecule has 2 rings (SSSR count). The number of rotatable bonds is 3. The maximum atomic E-state index is 12.9. The molecule has 1 fully saturated rings. The van der Waals surface area contributed by atoms with Gasteiger partial charge in [-0.2, -0.15) is 0 Å². The number of carbonyl (C=O) groups is 1. The Labute approximate surface area is 131 Å². The van der Waals surface area contributed by atoms with Crippen molar-refractivity contribution < 1.29 is 9.90 Å². The first-order valence-electron chi connectivity index (χ1n) is 7.29. The smallest absolute Gasteiger partial charge is 0.327 e. The zero-order valence-corrected chi connectivity index (χ0v) is 13.8. The average Bonchev–Trinajstić information content (AvgIpc) is 2.35. The van der Waals surface area contributed by atoms with Crippen molar-refractivity contribution >= 4 is 23.3 Å². The van der Waals surface area contributed by atoms with Gasteiger partial charge in [0, 0.05) is 29.2 Å². The van der Waals surface area contributed by atoms with E-state index in [0.29, 0.717) is 23.7 Å². The molecule has 116 valence electrons. The second-order valence-electron chi connectivity index (χ2n) is 6.45. The molecule has 2 amide bonds. The van der Waals surface area contributed by atoms with Crippen LogP contribution in [0.2, 0.25) is 5.02 Å². The predicted molar refractivity (Wildman–Crippen MR) is 85.6 cm³/mol. The van der Waals surface area contributed by atoms with E-state index in [0.717, 1.165) is 6.42 Å². The second-order valence-corrected chi connectivity index (χ2v) is 6.89. The highest BCUT2D eigenvalue weighted by Crippen LogP contribution is 2.39. The van der Waals surface area contributed by atoms with Gasteiger partial charge in [0.2, 0.25) is 0 Å². The van der Waals surface area contributed by atoms with Crippen LogP contribution in [0.4, 0.5) is 10.5 Å². The van der Waals surface area contributed by atoms with E-state index in [1.807, 2.05) is 25.7 Å². The predicted octanol–water partition coefficient (Wildman–Crippen LogP) is 3.87. The summed E-state index contributed by atoms with van der Waals surface area (Å²) in [6.07, 6.45) is 1.36. The van der Waals surface area contributed by atoms with Crippen molar-refractivity contribution in [2.45, 2.75) is 51.8 Å². The normalized spacial score (nSPS) is 25.3. The Morgan fingerprint density at radius 1 is 1.24 bits per heavy atom.